The zero-order valence-electron chi connectivity index (χ0n) is 13.6. The van der Waals surface area contributed by atoms with E-state index in [1.54, 1.807) is 23.5 Å². The van der Waals surface area contributed by atoms with Crippen molar-refractivity contribution in [2.45, 2.75) is 51.2 Å². The van der Waals surface area contributed by atoms with Crippen molar-refractivity contribution in [3.63, 3.8) is 0 Å². The molecule has 0 aromatic rings. The number of carbonyl (C=O) groups is 2. The fourth-order valence-corrected chi connectivity index (χ4v) is 2.66. The molecule has 0 aromatic heterocycles. The van der Waals surface area contributed by atoms with Gasteiger partial charge >= 0.3 is 0 Å². The first-order valence-corrected chi connectivity index (χ1v) is 10.1. The van der Waals surface area contributed by atoms with Crippen LogP contribution in [0.5, 0.6) is 0 Å². The van der Waals surface area contributed by atoms with Gasteiger partial charge in [0.1, 0.15) is 0 Å². The zero-order valence-corrected chi connectivity index (χ0v) is 15.2. The normalized spacial score (nSPS) is 10.7. The van der Waals surface area contributed by atoms with E-state index in [-0.39, 0.29) is 11.8 Å². The molecule has 0 aliphatic rings. The van der Waals surface area contributed by atoms with Gasteiger partial charge in [0.2, 0.25) is 11.8 Å². The van der Waals surface area contributed by atoms with Crippen molar-refractivity contribution < 1.29 is 9.59 Å². The van der Waals surface area contributed by atoms with E-state index in [1.807, 2.05) is 6.26 Å². The molecule has 0 bridgehead atoms. The van der Waals surface area contributed by atoms with Crippen LogP contribution < -0.4 is 10.6 Å². The number of rotatable bonds is 13. The number of carbonyl (C=O) groups excluding carboxylic acids is 2. The van der Waals surface area contributed by atoms with Gasteiger partial charge in [-0.05, 0) is 24.3 Å². The molecule has 0 heterocycles. The Labute approximate surface area is 138 Å². The van der Waals surface area contributed by atoms with E-state index in [0.717, 1.165) is 45.2 Å². The molecule has 0 radical (unpaired) electrons. The maximum Gasteiger partial charge on any atom is 0.230 e. The SMILES string of the molecule is CSCC(=O)NCCCCCCCNC(=O)CSC(C)C. The highest BCUT2D eigenvalue weighted by molar-refractivity contribution is 8.00. The Balaban J connectivity index is 3.22. The van der Waals surface area contributed by atoms with Gasteiger partial charge < -0.3 is 10.6 Å². The van der Waals surface area contributed by atoms with Crippen molar-refractivity contribution >= 4 is 35.3 Å². The van der Waals surface area contributed by atoms with Crippen LogP contribution in [0.1, 0.15) is 46.0 Å². The molecule has 0 saturated heterocycles. The third-order valence-electron chi connectivity index (χ3n) is 2.82. The van der Waals surface area contributed by atoms with Gasteiger partial charge in [-0.2, -0.15) is 11.8 Å². The fourth-order valence-electron chi connectivity index (χ4n) is 1.71. The van der Waals surface area contributed by atoms with E-state index in [4.69, 9.17) is 0 Å². The number of hydrogen-bond acceptors (Lipinski definition) is 4. The highest BCUT2D eigenvalue weighted by Crippen LogP contribution is 2.07. The van der Waals surface area contributed by atoms with Crippen LogP contribution in [-0.2, 0) is 9.59 Å². The van der Waals surface area contributed by atoms with Crippen molar-refractivity contribution in [3.05, 3.63) is 0 Å². The fraction of sp³-hybridized carbons (Fsp3) is 0.867. The number of amides is 2. The second-order valence-electron chi connectivity index (χ2n) is 5.26. The van der Waals surface area contributed by atoms with Gasteiger partial charge in [0, 0.05) is 13.1 Å². The molecular formula is C15H30N2O2S2. The highest BCUT2D eigenvalue weighted by Gasteiger charge is 2.02. The maximum absolute atomic E-state index is 11.5. The summed E-state index contributed by atoms with van der Waals surface area (Å²) in [7, 11) is 0. The molecule has 6 heteroatoms. The smallest absolute Gasteiger partial charge is 0.230 e. The molecule has 4 nitrogen and oxygen atoms in total. The van der Waals surface area contributed by atoms with E-state index in [0.29, 0.717) is 16.8 Å². The Bertz CT molecular complexity index is 287. The molecule has 0 aromatic carbocycles. The van der Waals surface area contributed by atoms with Gasteiger partial charge in [0.15, 0.2) is 0 Å². The van der Waals surface area contributed by atoms with Crippen LogP contribution in [-0.4, -0.2) is 47.9 Å². The van der Waals surface area contributed by atoms with Gasteiger partial charge in [-0.1, -0.05) is 33.1 Å². The molecule has 0 atom stereocenters. The van der Waals surface area contributed by atoms with E-state index in [9.17, 15) is 9.59 Å². The second-order valence-corrected chi connectivity index (χ2v) is 7.69. The topological polar surface area (TPSA) is 58.2 Å². The van der Waals surface area contributed by atoms with Gasteiger partial charge in [-0.25, -0.2) is 0 Å². The molecule has 0 rings (SSSR count). The molecule has 0 spiro atoms. The average Bonchev–Trinajstić information content (AvgIpc) is 2.43. The summed E-state index contributed by atoms with van der Waals surface area (Å²) in [5, 5.41) is 6.36. The summed E-state index contributed by atoms with van der Waals surface area (Å²) < 4.78 is 0. The van der Waals surface area contributed by atoms with Crippen LogP contribution in [0, 0.1) is 0 Å². The standard InChI is InChI=1S/C15H30N2O2S2/c1-13(2)21-12-15(19)17-10-8-6-4-5-7-9-16-14(18)11-20-3/h13H,4-12H2,1-3H3,(H,16,18)(H,17,19). The summed E-state index contributed by atoms with van der Waals surface area (Å²) >= 11 is 3.22. The predicted octanol–water partition coefficient (Wildman–Crippen LogP) is 2.67. The van der Waals surface area contributed by atoms with Gasteiger partial charge in [0.25, 0.3) is 0 Å². The number of hydrogen-bond donors (Lipinski definition) is 2. The Morgan fingerprint density at radius 3 is 1.81 bits per heavy atom. The van der Waals surface area contributed by atoms with E-state index < -0.39 is 0 Å². The van der Waals surface area contributed by atoms with Gasteiger partial charge in [0.05, 0.1) is 11.5 Å². The van der Waals surface area contributed by atoms with Crippen LogP contribution in [0.3, 0.4) is 0 Å². The van der Waals surface area contributed by atoms with Gasteiger partial charge in [-0.15, -0.1) is 11.8 Å². The van der Waals surface area contributed by atoms with E-state index in [2.05, 4.69) is 24.5 Å². The van der Waals surface area contributed by atoms with Crippen LogP contribution in [0.25, 0.3) is 0 Å². The van der Waals surface area contributed by atoms with E-state index >= 15 is 0 Å². The molecule has 0 aliphatic heterocycles. The predicted molar refractivity (Wildman–Crippen MR) is 95.1 cm³/mol. The molecule has 0 saturated carbocycles. The minimum Gasteiger partial charge on any atom is -0.355 e. The summed E-state index contributed by atoms with van der Waals surface area (Å²) in [6, 6.07) is 0. The second kappa shape index (κ2) is 14.6. The monoisotopic (exact) mass is 334 g/mol. The van der Waals surface area contributed by atoms with Crippen LogP contribution >= 0.6 is 23.5 Å². The minimum absolute atomic E-state index is 0.129. The van der Waals surface area contributed by atoms with Crippen LogP contribution in [0.2, 0.25) is 0 Å². The van der Waals surface area contributed by atoms with E-state index in [1.165, 1.54) is 0 Å². The Morgan fingerprint density at radius 1 is 0.857 bits per heavy atom. The Kier molecular flexibility index (Phi) is 14.3. The van der Waals surface area contributed by atoms with Crippen LogP contribution in [0.15, 0.2) is 0 Å². The molecule has 124 valence electrons. The summed E-state index contributed by atoms with van der Waals surface area (Å²) in [6.07, 6.45) is 7.44. The molecule has 0 aliphatic carbocycles. The third kappa shape index (κ3) is 15.8. The van der Waals surface area contributed by atoms with Gasteiger partial charge in [-0.3, -0.25) is 9.59 Å². The summed E-state index contributed by atoms with van der Waals surface area (Å²) in [6.45, 7) is 5.76. The molecule has 21 heavy (non-hydrogen) atoms. The average molecular weight is 335 g/mol. The maximum atomic E-state index is 11.5. The number of nitrogens with one attached hydrogen (secondary N) is 2. The Hall–Kier alpha value is -0.360. The summed E-state index contributed by atoms with van der Waals surface area (Å²) in [4.78, 5) is 22.7. The molecule has 2 N–H and O–H groups in total. The Morgan fingerprint density at radius 2 is 1.33 bits per heavy atom. The third-order valence-corrected chi connectivity index (χ3v) is 4.47. The number of thioether (sulfide) groups is 2. The lowest BCUT2D eigenvalue weighted by Crippen LogP contribution is -2.26. The zero-order chi connectivity index (χ0) is 15.9. The van der Waals surface area contributed by atoms with Crippen molar-refractivity contribution in [3.8, 4) is 0 Å². The molecule has 0 fully saturated rings. The quantitative estimate of drug-likeness (QED) is 0.508. The summed E-state index contributed by atoms with van der Waals surface area (Å²) in [5.41, 5.74) is 0. The van der Waals surface area contributed by atoms with Crippen molar-refractivity contribution in [1.82, 2.24) is 10.6 Å². The van der Waals surface area contributed by atoms with Crippen molar-refractivity contribution in [1.29, 1.82) is 0 Å². The first-order chi connectivity index (χ1) is 10.1. The lowest BCUT2D eigenvalue weighted by molar-refractivity contribution is -0.119. The molecule has 0 unspecified atom stereocenters. The lowest BCUT2D eigenvalue weighted by Gasteiger charge is -2.07. The molecular weight excluding hydrogens is 304 g/mol. The van der Waals surface area contributed by atoms with Crippen molar-refractivity contribution in [2.24, 2.45) is 0 Å². The lowest BCUT2D eigenvalue weighted by atomic mass is 10.1. The minimum atomic E-state index is 0.129. The molecule has 2 amide bonds. The largest absolute Gasteiger partial charge is 0.355 e. The van der Waals surface area contributed by atoms with Crippen LogP contribution in [0.4, 0.5) is 0 Å². The summed E-state index contributed by atoms with van der Waals surface area (Å²) in [5.74, 6) is 1.39. The number of unbranched alkanes of at least 4 members (excludes halogenated alkanes) is 4. The van der Waals surface area contributed by atoms with Crippen molar-refractivity contribution in [2.75, 3.05) is 30.9 Å². The first kappa shape index (κ1) is 20.6. The highest BCUT2D eigenvalue weighted by atomic mass is 32.2. The first-order valence-electron chi connectivity index (χ1n) is 7.70.